The lowest BCUT2D eigenvalue weighted by atomic mass is 10.1. The van der Waals surface area contributed by atoms with E-state index in [1.807, 2.05) is 19.9 Å². The number of non-ortho nitro benzene ring substituents is 1. The highest BCUT2D eigenvalue weighted by Gasteiger charge is 2.18. The third-order valence-corrected chi connectivity index (χ3v) is 5.14. The van der Waals surface area contributed by atoms with E-state index in [-0.39, 0.29) is 35.3 Å². The van der Waals surface area contributed by atoms with Gasteiger partial charge in [-0.1, -0.05) is 6.07 Å². The second kappa shape index (κ2) is 10.7. The quantitative estimate of drug-likeness (QED) is 0.223. The van der Waals surface area contributed by atoms with E-state index in [2.05, 4.69) is 10.4 Å². The predicted molar refractivity (Wildman–Crippen MR) is 133 cm³/mol. The van der Waals surface area contributed by atoms with Gasteiger partial charge in [-0.3, -0.25) is 25.0 Å². The number of ether oxygens (including phenoxy) is 2. The normalized spacial score (nSPS) is 10.6. The SMILES string of the molecule is Cc1cc(C)cc(Oc2cc(NC(=O)c3ccn(COc4cc(F)ccc4[N+](=O)[O-])n3)cc([N+](=O)[O-])c2)c1. The summed E-state index contributed by atoms with van der Waals surface area (Å²) in [4.78, 5) is 34.0. The average Bonchev–Trinajstić information content (AvgIpc) is 3.31. The predicted octanol–water partition coefficient (Wildman–Crippen LogP) is 5.54. The molecule has 0 spiro atoms. The summed E-state index contributed by atoms with van der Waals surface area (Å²) in [6.45, 7) is 3.44. The minimum Gasteiger partial charge on any atom is -0.464 e. The number of halogens is 1. The first-order valence-corrected chi connectivity index (χ1v) is 11.0. The van der Waals surface area contributed by atoms with Crippen molar-refractivity contribution in [3.63, 3.8) is 0 Å². The van der Waals surface area contributed by atoms with Crippen LogP contribution in [0.4, 0.5) is 21.5 Å². The Morgan fingerprint density at radius 3 is 2.37 bits per heavy atom. The van der Waals surface area contributed by atoms with Crippen molar-refractivity contribution in [2.45, 2.75) is 20.6 Å². The zero-order valence-corrected chi connectivity index (χ0v) is 20.1. The Hall–Kier alpha value is -5.33. The number of carbonyl (C=O) groups excluding carboxylic acids is 1. The van der Waals surface area contributed by atoms with Gasteiger partial charge in [-0.05, 0) is 49.2 Å². The molecule has 0 radical (unpaired) electrons. The maximum absolute atomic E-state index is 13.5. The Balaban J connectivity index is 1.49. The maximum Gasteiger partial charge on any atom is 0.311 e. The Morgan fingerprint density at radius 1 is 0.974 bits per heavy atom. The lowest BCUT2D eigenvalue weighted by Crippen LogP contribution is -2.14. The van der Waals surface area contributed by atoms with Crippen LogP contribution in [0.15, 0.2) is 66.9 Å². The first-order chi connectivity index (χ1) is 18.1. The highest BCUT2D eigenvalue weighted by Crippen LogP contribution is 2.31. The van der Waals surface area contributed by atoms with E-state index in [9.17, 15) is 29.4 Å². The number of anilines is 1. The van der Waals surface area contributed by atoms with Crippen molar-refractivity contribution >= 4 is 23.0 Å². The molecular formula is C25H20FN5O7. The molecule has 1 aromatic heterocycles. The van der Waals surface area contributed by atoms with Crippen molar-refractivity contribution in [2.24, 2.45) is 0 Å². The summed E-state index contributed by atoms with van der Waals surface area (Å²) in [5.74, 6) is -1.07. The van der Waals surface area contributed by atoms with Gasteiger partial charge in [0, 0.05) is 30.5 Å². The summed E-state index contributed by atoms with van der Waals surface area (Å²) in [6, 6.07) is 13.5. The maximum atomic E-state index is 13.5. The van der Waals surface area contributed by atoms with Crippen LogP contribution in [0.2, 0.25) is 0 Å². The molecule has 1 N–H and O–H groups in total. The molecule has 1 heterocycles. The van der Waals surface area contributed by atoms with Crippen LogP contribution in [0.5, 0.6) is 17.2 Å². The van der Waals surface area contributed by atoms with Crippen LogP contribution in [-0.4, -0.2) is 25.5 Å². The van der Waals surface area contributed by atoms with Crippen LogP contribution >= 0.6 is 0 Å². The second-order valence-corrected chi connectivity index (χ2v) is 8.24. The molecule has 0 atom stereocenters. The van der Waals surface area contributed by atoms with Crippen molar-refractivity contribution in [1.82, 2.24) is 9.78 Å². The Morgan fingerprint density at radius 2 is 1.68 bits per heavy atom. The van der Waals surface area contributed by atoms with Crippen molar-refractivity contribution in [2.75, 3.05) is 5.32 Å². The number of nitrogens with zero attached hydrogens (tertiary/aromatic N) is 4. The van der Waals surface area contributed by atoms with Gasteiger partial charge in [0.15, 0.2) is 12.4 Å². The molecule has 0 saturated heterocycles. The third-order valence-electron chi connectivity index (χ3n) is 5.14. The van der Waals surface area contributed by atoms with E-state index in [0.29, 0.717) is 5.75 Å². The van der Waals surface area contributed by atoms with Gasteiger partial charge in [0.2, 0.25) is 5.75 Å². The molecule has 0 aliphatic rings. The summed E-state index contributed by atoms with van der Waals surface area (Å²) in [5, 5.41) is 29.1. The van der Waals surface area contributed by atoms with E-state index in [1.165, 1.54) is 35.1 Å². The van der Waals surface area contributed by atoms with Crippen LogP contribution in [0.25, 0.3) is 0 Å². The number of hydrogen-bond donors (Lipinski definition) is 1. The molecule has 194 valence electrons. The number of aromatic nitrogens is 2. The molecule has 3 aromatic carbocycles. The van der Waals surface area contributed by atoms with Crippen molar-refractivity contribution < 1.29 is 28.5 Å². The Bertz CT molecular complexity index is 1530. The molecule has 1 amide bonds. The summed E-state index contributed by atoms with van der Waals surface area (Å²) in [5.41, 5.74) is 1.21. The fourth-order valence-electron chi connectivity index (χ4n) is 3.59. The first kappa shape index (κ1) is 25.8. The van der Waals surface area contributed by atoms with Gasteiger partial charge >= 0.3 is 5.69 Å². The fourth-order valence-corrected chi connectivity index (χ4v) is 3.59. The number of nitro groups is 2. The van der Waals surface area contributed by atoms with Gasteiger partial charge in [0.25, 0.3) is 11.6 Å². The van der Waals surface area contributed by atoms with Crippen molar-refractivity contribution in [3.8, 4) is 17.2 Å². The van der Waals surface area contributed by atoms with E-state index < -0.39 is 27.3 Å². The highest BCUT2D eigenvalue weighted by atomic mass is 19.1. The molecule has 4 rings (SSSR count). The Labute approximate surface area is 214 Å². The lowest BCUT2D eigenvalue weighted by Gasteiger charge is -2.10. The molecule has 38 heavy (non-hydrogen) atoms. The van der Waals surface area contributed by atoms with Gasteiger partial charge in [-0.25, -0.2) is 9.07 Å². The summed E-state index contributed by atoms with van der Waals surface area (Å²) in [7, 11) is 0. The summed E-state index contributed by atoms with van der Waals surface area (Å²) >= 11 is 0. The number of benzene rings is 3. The van der Waals surface area contributed by atoms with E-state index in [0.717, 1.165) is 29.3 Å². The van der Waals surface area contributed by atoms with Crippen LogP contribution in [0.1, 0.15) is 21.6 Å². The van der Waals surface area contributed by atoms with E-state index in [1.54, 1.807) is 12.1 Å². The minimum atomic E-state index is -0.719. The van der Waals surface area contributed by atoms with Gasteiger partial charge < -0.3 is 14.8 Å². The number of hydrogen-bond acceptors (Lipinski definition) is 8. The summed E-state index contributed by atoms with van der Waals surface area (Å²) in [6.07, 6.45) is 1.38. The molecule has 0 fully saturated rings. The van der Waals surface area contributed by atoms with Gasteiger partial charge in [-0.15, -0.1) is 0 Å². The third kappa shape index (κ3) is 6.26. The van der Waals surface area contributed by atoms with Crippen LogP contribution < -0.4 is 14.8 Å². The molecule has 0 unspecified atom stereocenters. The first-order valence-electron chi connectivity index (χ1n) is 11.0. The van der Waals surface area contributed by atoms with Gasteiger partial charge in [-0.2, -0.15) is 5.10 Å². The van der Waals surface area contributed by atoms with Crippen LogP contribution in [-0.2, 0) is 6.73 Å². The molecule has 0 aliphatic carbocycles. The number of nitrogens with one attached hydrogen (secondary N) is 1. The number of aryl methyl sites for hydroxylation is 2. The highest BCUT2D eigenvalue weighted by molar-refractivity contribution is 6.03. The topological polar surface area (TPSA) is 152 Å². The lowest BCUT2D eigenvalue weighted by molar-refractivity contribution is -0.386. The smallest absolute Gasteiger partial charge is 0.311 e. The summed E-state index contributed by atoms with van der Waals surface area (Å²) < 4.78 is 25.8. The number of nitro benzene ring substituents is 2. The standard InChI is InChI=1S/C25H20FN5O7/c1-15-7-16(2)9-20(8-15)38-21-12-18(11-19(13-21)30(33)34)27-25(32)22-5-6-29(28-22)14-37-24-10-17(26)3-4-23(24)31(35)36/h3-13H,14H2,1-2H3,(H,27,32). The van der Waals surface area contributed by atoms with E-state index in [4.69, 9.17) is 9.47 Å². The van der Waals surface area contributed by atoms with Crippen molar-refractivity contribution in [3.05, 3.63) is 110 Å². The monoisotopic (exact) mass is 521 g/mol. The van der Waals surface area contributed by atoms with E-state index >= 15 is 0 Å². The average molecular weight is 521 g/mol. The number of rotatable bonds is 9. The van der Waals surface area contributed by atoms with Gasteiger partial charge in [0.05, 0.1) is 21.6 Å². The number of amides is 1. The molecule has 0 saturated carbocycles. The molecule has 0 bridgehead atoms. The van der Waals surface area contributed by atoms with Gasteiger partial charge in [0.1, 0.15) is 17.3 Å². The fraction of sp³-hybridized carbons (Fsp3) is 0.120. The number of carbonyl (C=O) groups is 1. The van der Waals surface area contributed by atoms with Crippen LogP contribution in [0, 0.1) is 39.9 Å². The molecular weight excluding hydrogens is 501 g/mol. The second-order valence-electron chi connectivity index (χ2n) is 8.24. The zero-order chi connectivity index (χ0) is 27.4. The molecule has 4 aromatic rings. The molecule has 13 heteroatoms. The van der Waals surface area contributed by atoms with Crippen LogP contribution in [0.3, 0.4) is 0 Å². The molecule has 0 aliphatic heterocycles. The largest absolute Gasteiger partial charge is 0.464 e. The Kier molecular flexibility index (Phi) is 7.28. The molecule has 12 nitrogen and oxygen atoms in total. The van der Waals surface area contributed by atoms with Crippen molar-refractivity contribution in [1.29, 1.82) is 0 Å². The minimum absolute atomic E-state index is 0.0642. The zero-order valence-electron chi connectivity index (χ0n) is 20.1.